The fourth-order valence-corrected chi connectivity index (χ4v) is 5.97. The van der Waals surface area contributed by atoms with Crippen LogP contribution in [0.1, 0.15) is 123 Å². The summed E-state index contributed by atoms with van der Waals surface area (Å²) in [5.41, 5.74) is 13.6. The third-order valence-corrected chi connectivity index (χ3v) is 7.94. The van der Waals surface area contributed by atoms with Crippen LogP contribution in [0.15, 0.2) is 21.3 Å². The highest BCUT2D eigenvalue weighted by molar-refractivity contribution is 6.20. The molecule has 5 N–H and O–H groups in total. The van der Waals surface area contributed by atoms with Gasteiger partial charge in [0.05, 0.1) is 17.9 Å². The molecule has 3 aliphatic heterocycles. The van der Waals surface area contributed by atoms with Crippen molar-refractivity contribution in [2.45, 2.75) is 141 Å². The number of hydrogen-bond donors (Lipinski definition) is 3. The number of unbranched alkanes of at least 4 members (excludes halogenated alkanes) is 9. The zero-order valence-electron chi connectivity index (χ0n) is 23.5. The molecule has 3 aliphatic rings. The second-order valence-electron chi connectivity index (χ2n) is 11.0. The van der Waals surface area contributed by atoms with Gasteiger partial charge in [-0.3, -0.25) is 10.3 Å². The number of allylic oxidation sites excluding steroid dienone is 1. The van der Waals surface area contributed by atoms with Crippen LogP contribution in [0.3, 0.4) is 0 Å². The molecular weight excluding hydrogens is 464 g/mol. The maximum atomic E-state index is 13.3. The van der Waals surface area contributed by atoms with Gasteiger partial charge in [-0.1, -0.05) is 71.6 Å². The summed E-state index contributed by atoms with van der Waals surface area (Å²) < 4.78 is 5.74. The topological polar surface area (TPSA) is 118 Å². The minimum absolute atomic E-state index is 0.0291. The maximum Gasteiger partial charge on any atom is 0.341 e. The fourth-order valence-electron chi connectivity index (χ4n) is 5.97. The van der Waals surface area contributed by atoms with Gasteiger partial charge < -0.3 is 21.1 Å². The van der Waals surface area contributed by atoms with Crippen molar-refractivity contribution >= 4 is 17.6 Å². The Bertz CT molecular complexity index is 804. The molecule has 0 spiro atoms. The lowest BCUT2D eigenvalue weighted by molar-refractivity contribution is -0.138. The molecule has 0 aromatic rings. The Morgan fingerprint density at radius 2 is 1.76 bits per heavy atom. The van der Waals surface area contributed by atoms with E-state index in [0.717, 1.165) is 74.8 Å². The van der Waals surface area contributed by atoms with Gasteiger partial charge in [-0.2, -0.15) is 0 Å². The van der Waals surface area contributed by atoms with Crippen molar-refractivity contribution in [2.75, 3.05) is 13.2 Å². The van der Waals surface area contributed by atoms with Gasteiger partial charge in [0.1, 0.15) is 0 Å². The SMILES string of the molecule is CCCCCCCCCC1CC2CCC3=C(C(=O)OCCCCN=C(N)N)C(CCCCC)=NC(N1)N32. The Labute approximate surface area is 224 Å². The van der Waals surface area contributed by atoms with Gasteiger partial charge in [0.2, 0.25) is 0 Å². The molecule has 0 aliphatic carbocycles. The summed E-state index contributed by atoms with van der Waals surface area (Å²) in [7, 11) is 0. The lowest BCUT2D eigenvalue weighted by Crippen LogP contribution is -2.58. The molecule has 210 valence electrons. The molecule has 3 unspecified atom stereocenters. The molecule has 8 heteroatoms. The summed E-state index contributed by atoms with van der Waals surface area (Å²) in [6.45, 7) is 5.42. The monoisotopic (exact) mass is 516 g/mol. The van der Waals surface area contributed by atoms with Crippen LogP contribution >= 0.6 is 0 Å². The molecule has 0 radical (unpaired) electrons. The smallest absolute Gasteiger partial charge is 0.341 e. The largest absolute Gasteiger partial charge is 0.462 e. The van der Waals surface area contributed by atoms with Gasteiger partial charge in [0.15, 0.2) is 12.2 Å². The van der Waals surface area contributed by atoms with Crippen molar-refractivity contribution < 1.29 is 9.53 Å². The summed E-state index contributed by atoms with van der Waals surface area (Å²) in [5.74, 6) is -0.111. The number of guanidine groups is 1. The Kier molecular flexibility index (Phi) is 12.7. The molecule has 2 fully saturated rings. The van der Waals surface area contributed by atoms with Gasteiger partial charge in [-0.25, -0.2) is 9.79 Å². The minimum Gasteiger partial charge on any atom is -0.462 e. The van der Waals surface area contributed by atoms with E-state index in [-0.39, 0.29) is 18.2 Å². The standard InChI is InChI=1S/C29H52N6O2/c1-3-5-7-8-9-10-12-15-22-21-23-17-18-25-26(27(36)37-20-14-13-19-32-28(30)31)24(16-11-6-4-2)34-29(33-22)35(23)25/h22-23,29,33H,3-21H2,1-2H3,(H4,30,31,32). The molecular formula is C29H52N6O2. The van der Waals surface area contributed by atoms with Crippen molar-refractivity contribution in [1.29, 1.82) is 0 Å². The van der Waals surface area contributed by atoms with Crippen molar-refractivity contribution in [3.05, 3.63) is 11.3 Å². The Hall–Kier alpha value is -2.09. The molecule has 0 amide bonds. The summed E-state index contributed by atoms with van der Waals surface area (Å²) >= 11 is 0. The number of rotatable bonds is 18. The van der Waals surface area contributed by atoms with Gasteiger partial charge in [-0.05, 0) is 51.4 Å². The van der Waals surface area contributed by atoms with Gasteiger partial charge in [0.25, 0.3) is 0 Å². The second kappa shape index (κ2) is 16.0. The predicted octanol–water partition coefficient (Wildman–Crippen LogP) is 5.12. The molecule has 0 aromatic carbocycles. The van der Waals surface area contributed by atoms with E-state index in [1.54, 1.807) is 0 Å². The van der Waals surface area contributed by atoms with E-state index in [4.69, 9.17) is 21.2 Å². The molecule has 2 saturated heterocycles. The number of nitrogens with two attached hydrogens (primary N) is 2. The van der Waals surface area contributed by atoms with Crippen molar-refractivity contribution in [3.8, 4) is 0 Å². The Morgan fingerprint density at radius 1 is 1.03 bits per heavy atom. The first-order valence-electron chi connectivity index (χ1n) is 15.1. The molecule has 3 heterocycles. The molecule has 3 rings (SSSR count). The highest BCUT2D eigenvalue weighted by Crippen LogP contribution is 2.41. The number of carbonyl (C=O) groups is 1. The lowest BCUT2D eigenvalue weighted by Gasteiger charge is -2.45. The molecule has 8 nitrogen and oxygen atoms in total. The molecule has 0 aromatic heterocycles. The minimum atomic E-state index is -0.212. The number of nitrogens with zero attached hydrogens (tertiary/aromatic N) is 3. The van der Waals surface area contributed by atoms with E-state index < -0.39 is 0 Å². The zero-order valence-corrected chi connectivity index (χ0v) is 23.5. The quantitative estimate of drug-likeness (QED) is 0.101. The average molecular weight is 517 g/mol. The van der Waals surface area contributed by atoms with Crippen LogP contribution < -0.4 is 16.8 Å². The van der Waals surface area contributed by atoms with E-state index in [1.807, 2.05) is 0 Å². The van der Waals surface area contributed by atoms with Crippen LogP contribution in [0, 0.1) is 0 Å². The predicted molar refractivity (Wildman–Crippen MR) is 152 cm³/mol. The van der Waals surface area contributed by atoms with E-state index in [9.17, 15) is 4.79 Å². The van der Waals surface area contributed by atoms with Crippen LogP contribution in [0.4, 0.5) is 0 Å². The van der Waals surface area contributed by atoms with E-state index in [1.165, 1.54) is 51.4 Å². The van der Waals surface area contributed by atoms with E-state index in [2.05, 4.69) is 29.1 Å². The van der Waals surface area contributed by atoms with E-state index >= 15 is 0 Å². The van der Waals surface area contributed by atoms with Crippen molar-refractivity contribution in [1.82, 2.24) is 10.2 Å². The lowest BCUT2D eigenvalue weighted by atomic mass is 9.96. The normalized spacial score (nSPS) is 22.6. The van der Waals surface area contributed by atoms with Gasteiger partial charge >= 0.3 is 5.97 Å². The first-order chi connectivity index (χ1) is 18.0. The van der Waals surface area contributed by atoms with Crippen LogP contribution in [0.5, 0.6) is 0 Å². The second-order valence-corrected chi connectivity index (χ2v) is 11.0. The number of nitrogens with one attached hydrogen (secondary N) is 1. The average Bonchev–Trinajstić information content (AvgIpc) is 3.30. The summed E-state index contributed by atoms with van der Waals surface area (Å²) in [5, 5.41) is 3.84. The number of ether oxygens (including phenoxy) is 1. The molecule has 3 atom stereocenters. The highest BCUT2D eigenvalue weighted by Gasteiger charge is 2.45. The third kappa shape index (κ3) is 9.01. The maximum absolute atomic E-state index is 13.3. The molecule has 37 heavy (non-hydrogen) atoms. The number of carbonyl (C=O) groups excluding carboxylic acids is 1. The Balaban J connectivity index is 1.58. The van der Waals surface area contributed by atoms with Crippen LogP contribution in [-0.4, -0.2) is 54.1 Å². The van der Waals surface area contributed by atoms with Crippen molar-refractivity contribution in [2.24, 2.45) is 21.5 Å². The molecule has 0 bridgehead atoms. The van der Waals surface area contributed by atoms with Crippen LogP contribution in [0.2, 0.25) is 0 Å². The number of hydrogen-bond acceptors (Lipinski definition) is 6. The number of aliphatic imine (C=N–C) groups is 2. The first-order valence-corrected chi connectivity index (χ1v) is 15.1. The molecule has 0 saturated carbocycles. The fraction of sp³-hybridized carbons (Fsp3) is 0.828. The van der Waals surface area contributed by atoms with Crippen LogP contribution in [-0.2, 0) is 9.53 Å². The van der Waals surface area contributed by atoms with Gasteiger partial charge in [0, 0.05) is 24.3 Å². The summed E-state index contributed by atoms with van der Waals surface area (Å²) in [4.78, 5) is 24.9. The zero-order chi connectivity index (χ0) is 26.5. The summed E-state index contributed by atoms with van der Waals surface area (Å²) in [6, 6.07) is 0.986. The summed E-state index contributed by atoms with van der Waals surface area (Å²) in [6.07, 6.45) is 19.5. The van der Waals surface area contributed by atoms with Crippen LogP contribution in [0.25, 0.3) is 0 Å². The highest BCUT2D eigenvalue weighted by atomic mass is 16.5. The number of esters is 1. The third-order valence-electron chi connectivity index (χ3n) is 7.94. The van der Waals surface area contributed by atoms with E-state index in [0.29, 0.717) is 25.2 Å². The van der Waals surface area contributed by atoms with Crippen molar-refractivity contribution in [3.63, 3.8) is 0 Å². The first kappa shape index (κ1) is 29.5. The Morgan fingerprint density at radius 3 is 2.51 bits per heavy atom. The van der Waals surface area contributed by atoms with Gasteiger partial charge in [-0.15, -0.1) is 0 Å².